The Bertz CT molecular complexity index is 496. The van der Waals surface area contributed by atoms with Gasteiger partial charge in [-0.3, -0.25) is 4.99 Å². The predicted octanol–water partition coefficient (Wildman–Crippen LogP) is 3.20. The minimum absolute atomic E-state index is 0.0530. The van der Waals surface area contributed by atoms with Crippen molar-refractivity contribution in [3.05, 3.63) is 29.6 Å². The molecule has 4 nitrogen and oxygen atoms in total. The van der Waals surface area contributed by atoms with E-state index in [4.69, 9.17) is 4.74 Å². The van der Waals surface area contributed by atoms with Gasteiger partial charge in [-0.05, 0) is 37.8 Å². The lowest BCUT2D eigenvalue weighted by atomic mass is 10.1. The number of benzene rings is 1. The Morgan fingerprint density at radius 3 is 2.68 bits per heavy atom. The van der Waals surface area contributed by atoms with Gasteiger partial charge < -0.3 is 15.4 Å². The molecule has 1 aromatic rings. The first-order chi connectivity index (χ1) is 10.5. The summed E-state index contributed by atoms with van der Waals surface area (Å²) in [4.78, 5) is 4.56. The number of halogens is 1. The number of guanidine groups is 1. The summed E-state index contributed by atoms with van der Waals surface area (Å²) in [7, 11) is 1.46. The molecule has 0 bridgehead atoms. The standard InChI is InChI=1S/C16H26FN3OS/c1-6-18-16(19-10-11(2)22-5)20-12(3)13-7-8-15(21-4)14(17)9-13/h7-9,11-12H,6,10H2,1-5H3,(H2,18,19,20). The molecule has 0 radical (unpaired) electrons. The van der Waals surface area contributed by atoms with Crippen LogP contribution in [0.1, 0.15) is 32.4 Å². The number of nitrogens with one attached hydrogen (secondary N) is 2. The van der Waals surface area contributed by atoms with Crippen LogP contribution >= 0.6 is 11.8 Å². The van der Waals surface area contributed by atoms with E-state index in [1.807, 2.05) is 19.9 Å². The average Bonchev–Trinajstić information content (AvgIpc) is 2.52. The number of thioether (sulfide) groups is 1. The molecule has 0 saturated heterocycles. The van der Waals surface area contributed by atoms with Gasteiger partial charge in [0.2, 0.25) is 0 Å². The molecule has 0 saturated carbocycles. The van der Waals surface area contributed by atoms with Crippen LogP contribution in [-0.2, 0) is 0 Å². The molecule has 2 N–H and O–H groups in total. The normalized spacial score (nSPS) is 14.4. The molecule has 0 heterocycles. The van der Waals surface area contributed by atoms with E-state index in [2.05, 4.69) is 28.8 Å². The molecule has 1 aromatic carbocycles. The van der Waals surface area contributed by atoms with E-state index in [0.29, 0.717) is 5.25 Å². The van der Waals surface area contributed by atoms with Crippen molar-refractivity contribution in [3.63, 3.8) is 0 Å². The molecule has 6 heteroatoms. The summed E-state index contributed by atoms with van der Waals surface area (Å²) < 4.78 is 18.7. The number of ether oxygens (including phenoxy) is 1. The first-order valence-electron chi connectivity index (χ1n) is 7.42. The van der Waals surface area contributed by atoms with E-state index in [9.17, 15) is 4.39 Å². The van der Waals surface area contributed by atoms with Crippen LogP contribution in [0.2, 0.25) is 0 Å². The maximum Gasteiger partial charge on any atom is 0.191 e. The van der Waals surface area contributed by atoms with Crippen LogP contribution in [0.25, 0.3) is 0 Å². The van der Waals surface area contributed by atoms with Crippen molar-refractivity contribution in [2.24, 2.45) is 4.99 Å². The zero-order valence-corrected chi connectivity index (χ0v) is 14.8. The number of hydrogen-bond acceptors (Lipinski definition) is 3. The largest absolute Gasteiger partial charge is 0.494 e. The molecular weight excluding hydrogens is 301 g/mol. The Morgan fingerprint density at radius 1 is 1.41 bits per heavy atom. The predicted molar refractivity (Wildman–Crippen MR) is 93.5 cm³/mol. The molecule has 22 heavy (non-hydrogen) atoms. The minimum Gasteiger partial charge on any atom is -0.494 e. The maximum absolute atomic E-state index is 13.8. The molecule has 2 unspecified atom stereocenters. The van der Waals surface area contributed by atoms with Crippen molar-refractivity contribution in [3.8, 4) is 5.75 Å². The SMILES string of the molecule is CCNC(=NCC(C)SC)NC(C)c1ccc(OC)c(F)c1. The maximum atomic E-state index is 13.8. The van der Waals surface area contributed by atoms with Crippen molar-refractivity contribution < 1.29 is 9.13 Å². The van der Waals surface area contributed by atoms with E-state index in [-0.39, 0.29) is 17.6 Å². The third kappa shape index (κ3) is 5.75. The fourth-order valence-corrected chi connectivity index (χ4v) is 2.08. The fraction of sp³-hybridized carbons (Fsp3) is 0.562. The number of hydrogen-bond donors (Lipinski definition) is 2. The highest BCUT2D eigenvalue weighted by Crippen LogP contribution is 2.21. The second-order valence-corrected chi connectivity index (χ2v) is 6.30. The summed E-state index contributed by atoms with van der Waals surface area (Å²) in [6.45, 7) is 7.66. The lowest BCUT2D eigenvalue weighted by molar-refractivity contribution is 0.386. The van der Waals surface area contributed by atoms with E-state index in [1.54, 1.807) is 17.8 Å². The van der Waals surface area contributed by atoms with Gasteiger partial charge in [-0.15, -0.1) is 0 Å². The Balaban J connectivity index is 2.77. The van der Waals surface area contributed by atoms with Crippen LogP contribution < -0.4 is 15.4 Å². The Kier molecular flexibility index (Phi) is 8.09. The number of rotatable bonds is 7. The summed E-state index contributed by atoms with van der Waals surface area (Å²) >= 11 is 1.78. The van der Waals surface area contributed by atoms with Crippen molar-refractivity contribution in [2.75, 3.05) is 26.5 Å². The second-order valence-electron chi connectivity index (χ2n) is 5.03. The summed E-state index contributed by atoms with van der Waals surface area (Å²) in [5, 5.41) is 6.97. The van der Waals surface area contributed by atoms with Gasteiger partial charge in [-0.2, -0.15) is 11.8 Å². The van der Waals surface area contributed by atoms with E-state index < -0.39 is 0 Å². The average molecular weight is 327 g/mol. The van der Waals surface area contributed by atoms with Crippen molar-refractivity contribution in [2.45, 2.75) is 32.1 Å². The molecule has 0 aliphatic heterocycles. The summed E-state index contributed by atoms with van der Waals surface area (Å²) in [5.74, 6) is 0.643. The van der Waals surface area contributed by atoms with Crippen molar-refractivity contribution >= 4 is 17.7 Å². The van der Waals surface area contributed by atoms with Gasteiger partial charge in [0.05, 0.1) is 19.7 Å². The number of methoxy groups -OCH3 is 1. The highest BCUT2D eigenvalue weighted by molar-refractivity contribution is 7.99. The molecule has 1 rings (SSSR count). The molecule has 2 atom stereocenters. The molecule has 0 amide bonds. The third-order valence-electron chi connectivity index (χ3n) is 3.28. The summed E-state index contributed by atoms with van der Waals surface area (Å²) in [6, 6.07) is 4.93. The minimum atomic E-state index is -0.355. The monoisotopic (exact) mass is 327 g/mol. The zero-order valence-electron chi connectivity index (χ0n) is 13.9. The van der Waals surface area contributed by atoms with Crippen LogP contribution in [0.4, 0.5) is 4.39 Å². The first-order valence-corrected chi connectivity index (χ1v) is 8.71. The lowest BCUT2D eigenvalue weighted by Crippen LogP contribution is -2.39. The first kappa shape index (κ1) is 18.6. The molecule has 0 aliphatic carbocycles. The van der Waals surface area contributed by atoms with Gasteiger partial charge >= 0.3 is 0 Å². The Hall–Kier alpha value is -1.43. The van der Waals surface area contributed by atoms with Crippen LogP contribution in [0.3, 0.4) is 0 Å². The number of nitrogens with zero attached hydrogens (tertiary/aromatic N) is 1. The third-order valence-corrected chi connectivity index (χ3v) is 4.24. The van der Waals surface area contributed by atoms with Crippen LogP contribution in [0.15, 0.2) is 23.2 Å². The molecule has 0 spiro atoms. The molecule has 0 aliphatic rings. The number of aliphatic imine (C=N–C) groups is 1. The Morgan fingerprint density at radius 2 is 2.14 bits per heavy atom. The smallest absolute Gasteiger partial charge is 0.191 e. The summed E-state index contributed by atoms with van der Waals surface area (Å²) in [5.41, 5.74) is 0.849. The van der Waals surface area contributed by atoms with Gasteiger partial charge in [-0.25, -0.2) is 4.39 Å². The molecule has 124 valence electrons. The fourth-order valence-electron chi connectivity index (χ4n) is 1.85. The molecule has 0 aromatic heterocycles. The van der Waals surface area contributed by atoms with Gasteiger partial charge in [0.25, 0.3) is 0 Å². The van der Waals surface area contributed by atoms with Crippen molar-refractivity contribution in [1.29, 1.82) is 0 Å². The van der Waals surface area contributed by atoms with Crippen LogP contribution in [-0.4, -0.2) is 37.7 Å². The van der Waals surface area contributed by atoms with E-state index in [0.717, 1.165) is 24.6 Å². The Labute approximate surface area is 136 Å². The zero-order chi connectivity index (χ0) is 16.5. The van der Waals surface area contributed by atoms with Crippen LogP contribution in [0, 0.1) is 5.82 Å². The van der Waals surface area contributed by atoms with Crippen LogP contribution in [0.5, 0.6) is 5.75 Å². The highest BCUT2D eigenvalue weighted by Gasteiger charge is 2.11. The lowest BCUT2D eigenvalue weighted by Gasteiger charge is -2.19. The van der Waals surface area contributed by atoms with Gasteiger partial charge in [0.15, 0.2) is 17.5 Å². The topological polar surface area (TPSA) is 45.7 Å². The molecule has 0 fully saturated rings. The van der Waals surface area contributed by atoms with E-state index >= 15 is 0 Å². The van der Waals surface area contributed by atoms with E-state index in [1.165, 1.54) is 13.2 Å². The van der Waals surface area contributed by atoms with Gasteiger partial charge in [-0.1, -0.05) is 13.0 Å². The van der Waals surface area contributed by atoms with Crippen molar-refractivity contribution in [1.82, 2.24) is 10.6 Å². The summed E-state index contributed by atoms with van der Waals surface area (Å²) in [6.07, 6.45) is 2.07. The second kappa shape index (κ2) is 9.56. The molecular formula is C16H26FN3OS. The van der Waals surface area contributed by atoms with Gasteiger partial charge in [0, 0.05) is 11.8 Å². The highest BCUT2D eigenvalue weighted by atomic mass is 32.2. The van der Waals surface area contributed by atoms with Gasteiger partial charge in [0.1, 0.15) is 0 Å². The quantitative estimate of drug-likeness (QED) is 0.596.